The van der Waals surface area contributed by atoms with Crippen LogP contribution >= 0.6 is 41.2 Å². The van der Waals surface area contributed by atoms with Gasteiger partial charge in [-0.25, -0.2) is 0 Å². The van der Waals surface area contributed by atoms with Crippen molar-refractivity contribution in [3.63, 3.8) is 0 Å². The number of thiol groups is 2. The van der Waals surface area contributed by atoms with E-state index >= 15 is 0 Å². The van der Waals surface area contributed by atoms with Gasteiger partial charge in [-0.15, -0.1) is 31.4 Å². The van der Waals surface area contributed by atoms with Gasteiger partial charge in [0.05, 0.1) is 4.37 Å². The van der Waals surface area contributed by atoms with E-state index in [1.165, 1.54) is 57.8 Å². The summed E-state index contributed by atoms with van der Waals surface area (Å²) in [6, 6.07) is 0. The fourth-order valence-electron chi connectivity index (χ4n) is 6.52. The molecule has 186 valence electrons. The lowest BCUT2D eigenvalue weighted by atomic mass is 9.80. The van der Waals surface area contributed by atoms with Crippen LogP contribution in [0.1, 0.15) is 105 Å². The van der Waals surface area contributed by atoms with E-state index in [-0.39, 0.29) is 9.79 Å². The van der Waals surface area contributed by atoms with E-state index in [2.05, 4.69) is 34.6 Å². The second kappa shape index (κ2) is 13.0. The summed E-state index contributed by atoms with van der Waals surface area (Å²) in [6.45, 7) is 12.8. The Hall–Kier alpha value is 1.50. The summed E-state index contributed by atoms with van der Waals surface area (Å²) in [5.41, 5.74) is 0.207. The highest BCUT2D eigenvalue weighted by atomic mass is 33.7. The van der Waals surface area contributed by atoms with Gasteiger partial charge in [-0.3, -0.25) is 0 Å². The van der Waals surface area contributed by atoms with Gasteiger partial charge in [0.25, 0.3) is 0 Å². The standard InChI is InChI=1S/C23H48O3S4Si/c1-6-11-12-13-14-15-18-30(28,29-27)23(20-21-16-17-22(23,7-2)19-21)31(24-8-3,25-9-4)26-10-5/h21,27-28H,6-20H2,1-5H3. The minimum Gasteiger partial charge on any atom is -0.373 e. The van der Waals surface area contributed by atoms with Crippen molar-refractivity contribution in [2.75, 3.05) is 25.6 Å². The Morgan fingerprint density at radius 2 is 1.48 bits per heavy atom. The molecule has 3 nitrogen and oxygen atoms in total. The maximum absolute atomic E-state index is 6.70. The summed E-state index contributed by atoms with van der Waals surface area (Å²) >= 11 is 10.5. The van der Waals surface area contributed by atoms with Crippen molar-refractivity contribution < 1.29 is 13.3 Å². The highest BCUT2D eigenvalue weighted by molar-refractivity contribution is 9.34. The molecule has 31 heavy (non-hydrogen) atoms. The van der Waals surface area contributed by atoms with Crippen molar-refractivity contribution in [1.29, 1.82) is 0 Å². The molecular weight excluding hydrogens is 481 g/mol. The molecule has 0 spiro atoms. The van der Waals surface area contributed by atoms with Gasteiger partial charge in [-0.05, 0) is 86.2 Å². The van der Waals surface area contributed by atoms with Gasteiger partial charge in [0, 0.05) is 19.8 Å². The first-order chi connectivity index (χ1) is 14.9. The Morgan fingerprint density at radius 1 is 0.903 bits per heavy atom. The lowest BCUT2D eigenvalue weighted by Gasteiger charge is -2.62. The van der Waals surface area contributed by atoms with E-state index in [4.69, 9.17) is 36.6 Å². The Labute approximate surface area is 209 Å². The fourth-order valence-corrected chi connectivity index (χ4v) is 22.9. The van der Waals surface area contributed by atoms with Crippen LogP contribution in [-0.4, -0.2) is 38.7 Å². The summed E-state index contributed by atoms with van der Waals surface area (Å²) in [5, 5.41) is 0. The molecule has 8 heteroatoms. The van der Waals surface area contributed by atoms with Gasteiger partial charge in [-0.1, -0.05) is 46.0 Å². The molecule has 2 saturated carbocycles. The third-order valence-corrected chi connectivity index (χ3v) is 24.6. The first-order valence-electron chi connectivity index (χ1n) is 12.7. The second-order valence-electron chi connectivity index (χ2n) is 9.32. The van der Waals surface area contributed by atoms with Gasteiger partial charge in [0.15, 0.2) is 0 Å². The van der Waals surface area contributed by atoms with Crippen LogP contribution in [0.15, 0.2) is 0 Å². The summed E-state index contributed by atoms with van der Waals surface area (Å²) in [5.74, 6) is 1.87. The molecule has 0 aliphatic heterocycles. The fraction of sp³-hybridized carbons (Fsp3) is 1.00. The van der Waals surface area contributed by atoms with E-state index in [1.807, 2.05) is 0 Å². The summed E-state index contributed by atoms with van der Waals surface area (Å²) in [4.78, 5) is 0. The Bertz CT molecular complexity index is 526. The molecule has 2 aliphatic rings. The molecule has 4 unspecified atom stereocenters. The van der Waals surface area contributed by atoms with Crippen molar-refractivity contribution in [2.24, 2.45) is 11.3 Å². The van der Waals surface area contributed by atoms with Crippen LogP contribution in [0, 0.1) is 11.3 Å². The number of fused-ring (bicyclic) bond motifs is 2. The summed E-state index contributed by atoms with van der Waals surface area (Å²) in [7, 11) is -2.75. The van der Waals surface area contributed by atoms with Crippen LogP contribution < -0.4 is 0 Å². The van der Waals surface area contributed by atoms with Crippen molar-refractivity contribution in [3.8, 4) is 0 Å². The van der Waals surface area contributed by atoms with E-state index in [0.29, 0.717) is 19.8 Å². The third-order valence-electron chi connectivity index (χ3n) is 7.76. The molecule has 2 bridgehead atoms. The zero-order valence-electron chi connectivity index (χ0n) is 20.6. The molecule has 4 atom stereocenters. The van der Waals surface area contributed by atoms with Gasteiger partial charge < -0.3 is 13.3 Å². The molecule has 0 aromatic rings. The van der Waals surface area contributed by atoms with Crippen molar-refractivity contribution in [2.45, 2.75) is 110 Å². The van der Waals surface area contributed by atoms with Gasteiger partial charge in [0.1, 0.15) is 0 Å². The quantitative estimate of drug-likeness (QED) is 0.0857. The van der Waals surface area contributed by atoms with Crippen LogP contribution in [-0.2, 0) is 13.3 Å². The average molecular weight is 529 g/mol. The molecule has 0 aromatic heterocycles. The molecule has 2 rings (SSSR count). The zero-order chi connectivity index (χ0) is 23.0. The zero-order valence-corrected chi connectivity index (χ0v) is 25.0. The predicted octanol–water partition coefficient (Wildman–Crippen LogP) is 8.42. The van der Waals surface area contributed by atoms with Crippen LogP contribution in [0.5, 0.6) is 0 Å². The smallest absolute Gasteiger partial charge is 0.373 e. The Kier molecular flexibility index (Phi) is 12.0. The van der Waals surface area contributed by atoms with E-state index in [1.54, 1.807) is 9.83 Å². The number of hydrogen-bond donors (Lipinski definition) is 2. The number of rotatable bonds is 17. The molecule has 0 saturated heterocycles. The summed E-state index contributed by atoms with van der Waals surface area (Å²) < 4.78 is 20.0. The minimum atomic E-state index is -3.01. The predicted molar refractivity (Wildman–Crippen MR) is 149 cm³/mol. The van der Waals surface area contributed by atoms with Crippen molar-refractivity contribution >= 4 is 50.0 Å². The van der Waals surface area contributed by atoms with E-state index in [0.717, 1.165) is 24.5 Å². The molecule has 0 N–H and O–H groups in total. The Balaban J connectivity index is 2.48. The van der Waals surface area contributed by atoms with Crippen LogP contribution in [0.25, 0.3) is 0 Å². The SMILES string of the molecule is CCCCCCCCS(S)(SS)C1([Si](OCC)(OCC)OCC)CC2CCC1(CC)C2. The highest BCUT2D eigenvalue weighted by Gasteiger charge is 2.79. The molecule has 0 radical (unpaired) electrons. The van der Waals surface area contributed by atoms with Crippen molar-refractivity contribution in [1.82, 2.24) is 0 Å². The lowest BCUT2D eigenvalue weighted by Crippen LogP contribution is -2.71. The molecule has 2 fully saturated rings. The van der Waals surface area contributed by atoms with Gasteiger partial charge >= 0.3 is 8.80 Å². The third kappa shape index (κ3) is 5.36. The maximum atomic E-state index is 6.70. The van der Waals surface area contributed by atoms with Gasteiger partial charge in [-0.2, -0.15) is 0 Å². The molecule has 0 amide bonds. The topological polar surface area (TPSA) is 27.7 Å². The largest absolute Gasteiger partial charge is 0.518 e. The minimum absolute atomic E-state index is 0.119. The number of unbranched alkanes of at least 4 members (excludes halogenated alkanes) is 5. The van der Waals surface area contributed by atoms with Crippen LogP contribution in [0.2, 0.25) is 0 Å². The molecule has 0 aromatic carbocycles. The van der Waals surface area contributed by atoms with Crippen LogP contribution in [0.3, 0.4) is 0 Å². The number of hydrogen-bond acceptors (Lipinski definition) is 6. The van der Waals surface area contributed by atoms with Crippen molar-refractivity contribution in [3.05, 3.63) is 0 Å². The monoisotopic (exact) mass is 528 g/mol. The Morgan fingerprint density at radius 3 is 1.97 bits per heavy atom. The van der Waals surface area contributed by atoms with E-state index < -0.39 is 16.9 Å². The lowest BCUT2D eigenvalue weighted by molar-refractivity contribution is 0.0347. The average Bonchev–Trinajstić information content (AvgIpc) is 3.34. The van der Waals surface area contributed by atoms with E-state index in [9.17, 15) is 0 Å². The highest BCUT2D eigenvalue weighted by Crippen LogP contribution is 2.86. The van der Waals surface area contributed by atoms with Crippen LogP contribution in [0.4, 0.5) is 0 Å². The first kappa shape index (κ1) is 28.7. The normalized spacial score (nSPS) is 31.1. The molecule has 2 aliphatic carbocycles. The van der Waals surface area contributed by atoms with Gasteiger partial charge in [0.2, 0.25) is 0 Å². The molecule has 0 heterocycles. The second-order valence-corrected chi connectivity index (χ2v) is 21.2. The maximum Gasteiger partial charge on any atom is 0.518 e. The molecular formula is C23H48O3S4Si. The summed E-state index contributed by atoms with van der Waals surface area (Å²) in [6.07, 6.45) is 14.0. The first-order valence-corrected chi connectivity index (χ1v) is 19.6.